The van der Waals surface area contributed by atoms with E-state index in [1.807, 2.05) is 43.8 Å². The van der Waals surface area contributed by atoms with Crippen LogP contribution in [0.1, 0.15) is 37.2 Å². The van der Waals surface area contributed by atoms with Gasteiger partial charge < -0.3 is 15.6 Å². The zero-order chi connectivity index (χ0) is 12.2. The van der Waals surface area contributed by atoms with Crippen LogP contribution in [0.2, 0.25) is 0 Å². The Kier molecular flexibility index (Phi) is 6.27. The van der Waals surface area contributed by atoms with Gasteiger partial charge in [0.05, 0.1) is 5.54 Å². The first-order chi connectivity index (χ1) is 7.58. The van der Waals surface area contributed by atoms with E-state index in [1.165, 1.54) is 0 Å². The Hall–Kier alpha value is -1.00. The first-order valence-corrected chi connectivity index (χ1v) is 5.72. The number of hydrogen-bond acceptors (Lipinski definition) is 2. The summed E-state index contributed by atoms with van der Waals surface area (Å²) in [6.07, 6.45) is 3.54. The number of nitrogens with one attached hydrogen (secondary N) is 1. The van der Waals surface area contributed by atoms with Crippen LogP contribution in [0.3, 0.4) is 0 Å². The van der Waals surface area contributed by atoms with Crippen LogP contribution < -0.4 is 11.1 Å². The maximum Gasteiger partial charge on any atom is 0.268 e. The van der Waals surface area contributed by atoms with Crippen LogP contribution in [-0.2, 0) is 7.05 Å². The number of aryl methyl sites for hydroxylation is 1. The molecule has 1 aromatic heterocycles. The molecule has 1 aromatic rings. The molecule has 0 radical (unpaired) electrons. The Morgan fingerprint density at radius 2 is 2.06 bits per heavy atom. The highest BCUT2D eigenvalue weighted by atomic mass is 35.5. The molecule has 0 aliphatic heterocycles. The summed E-state index contributed by atoms with van der Waals surface area (Å²) in [7, 11) is 1.86. The minimum Gasteiger partial charge on any atom is -0.347 e. The average molecular weight is 260 g/mol. The largest absolute Gasteiger partial charge is 0.347 e. The number of aromatic nitrogens is 1. The molecule has 0 unspecified atom stereocenters. The minimum absolute atomic E-state index is 0. The summed E-state index contributed by atoms with van der Waals surface area (Å²) in [5.41, 5.74) is 6.14. The van der Waals surface area contributed by atoms with Crippen LogP contribution >= 0.6 is 12.4 Å². The van der Waals surface area contributed by atoms with Gasteiger partial charge in [0, 0.05) is 19.8 Å². The fraction of sp³-hybridized carbons (Fsp3) is 0.583. The average Bonchev–Trinajstić information content (AvgIpc) is 2.72. The van der Waals surface area contributed by atoms with E-state index in [0.29, 0.717) is 12.2 Å². The molecule has 1 rings (SSSR count). The Morgan fingerprint density at radius 3 is 2.41 bits per heavy atom. The van der Waals surface area contributed by atoms with Gasteiger partial charge in [-0.25, -0.2) is 0 Å². The van der Waals surface area contributed by atoms with E-state index in [9.17, 15) is 4.79 Å². The van der Waals surface area contributed by atoms with Crippen molar-refractivity contribution in [3.63, 3.8) is 0 Å². The number of halogens is 1. The third-order valence-corrected chi connectivity index (χ3v) is 3.30. The Balaban J connectivity index is 0.00000256. The normalized spacial score (nSPS) is 10.8. The molecule has 1 heterocycles. The highest BCUT2D eigenvalue weighted by molar-refractivity contribution is 5.93. The number of amides is 1. The zero-order valence-electron chi connectivity index (χ0n) is 10.7. The molecule has 4 nitrogen and oxygen atoms in total. The van der Waals surface area contributed by atoms with Gasteiger partial charge in [-0.2, -0.15) is 0 Å². The number of carbonyl (C=O) groups excluding carboxylic acids is 1. The van der Waals surface area contributed by atoms with Crippen molar-refractivity contribution in [2.45, 2.75) is 32.2 Å². The molecule has 0 aromatic carbocycles. The van der Waals surface area contributed by atoms with Gasteiger partial charge >= 0.3 is 0 Å². The lowest BCUT2D eigenvalue weighted by Gasteiger charge is -2.31. The van der Waals surface area contributed by atoms with Gasteiger partial charge in [-0.05, 0) is 25.0 Å². The van der Waals surface area contributed by atoms with E-state index >= 15 is 0 Å². The maximum atomic E-state index is 12.0. The monoisotopic (exact) mass is 259 g/mol. The van der Waals surface area contributed by atoms with E-state index in [0.717, 1.165) is 12.8 Å². The summed E-state index contributed by atoms with van der Waals surface area (Å²) >= 11 is 0. The van der Waals surface area contributed by atoms with Crippen LogP contribution in [-0.4, -0.2) is 22.6 Å². The van der Waals surface area contributed by atoms with Crippen LogP contribution in [0.5, 0.6) is 0 Å². The second-order valence-corrected chi connectivity index (χ2v) is 4.15. The number of hydrogen-bond donors (Lipinski definition) is 2. The molecule has 0 saturated heterocycles. The SMILES string of the molecule is CCC(CC)(CN)NC(=O)c1cccn1C.Cl. The maximum absolute atomic E-state index is 12.0. The molecule has 0 saturated carbocycles. The fourth-order valence-electron chi connectivity index (χ4n) is 1.77. The van der Waals surface area contributed by atoms with Crippen LogP contribution in [0.15, 0.2) is 18.3 Å². The van der Waals surface area contributed by atoms with Crippen LogP contribution in [0.25, 0.3) is 0 Å². The number of rotatable bonds is 5. The fourth-order valence-corrected chi connectivity index (χ4v) is 1.77. The van der Waals surface area contributed by atoms with E-state index < -0.39 is 0 Å². The van der Waals surface area contributed by atoms with Crippen molar-refractivity contribution in [2.75, 3.05) is 6.54 Å². The lowest BCUT2D eigenvalue weighted by atomic mass is 9.93. The molecule has 0 aliphatic rings. The summed E-state index contributed by atoms with van der Waals surface area (Å²) in [4.78, 5) is 12.0. The number of carbonyl (C=O) groups is 1. The molecule has 0 spiro atoms. The third-order valence-electron chi connectivity index (χ3n) is 3.30. The minimum atomic E-state index is -0.276. The first-order valence-electron chi connectivity index (χ1n) is 5.72. The molecule has 0 aliphatic carbocycles. The van der Waals surface area contributed by atoms with E-state index in [4.69, 9.17) is 5.73 Å². The van der Waals surface area contributed by atoms with Gasteiger partial charge in [-0.15, -0.1) is 12.4 Å². The van der Waals surface area contributed by atoms with Crippen molar-refractivity contribution >= 4 is 18.3 Å². The highest BCUT2D eigenvalue weighted by Gasteiger charge is 2.27. The quantitative estimate of drug-likeness (QED) is 0.846. The van der Waals surface area contributed by atoms with E-state index in [-0.39, 0.29) is 23.9 Å². The molecule has 17 heavy (non-hydrogen) atoms. The molecule has 5 heteroatoms. The molecule has 0 bridgehead atoms. The van der Waals surface area contributed by atoms with Gasteiger partial charge in [0.2, 0.25) is 0 Å². The zero-order valence-corrected chi connectivity index (χ0v) is 11.5. The Bertz CT molecular complexity index is 350. The number of nitrogens with two attached hydrogens (primary N) is 1. The van der Waals surface area contributed by atoms with Crippen molar-refractivity contribution in [2.24, 2.45) is 12.8 Å². The van der Waals surface area contributed by atoms with Gasteiger partial charge in [0.1, 0.15) is 5.69 Å². The second-order valence-electron chi connectivity index (χ2n) is 4.15. The van der Waals surface area contributed by atoms with Crippen LogP contribution in [0.4, 0.5) is 0 Å². The molecular weight excluding hydrogens is 238 g/mol. The van der Waals surface area contributed by atoms with Crippen molar-refractivity contribution in [1.29, 1.82) is 0 Å². The molecule has 98 valence electrons. The van der Waals surface area contributed by atoms with Gasteiger partial charge in [0.15, 0.2) is 0 Å². The van der Waals surface area contributed by atoms with Gasteiger partial charge in [-0.3, -0.25) is 4.79 Å². The molecule has 0 atom stereocenters. The van der Waals surface area contributed by atoms with Crippen molar-refractivity contribution < 1.29 is 4.79 Å². The second kappa shape index (κ2) is 6.67. The molecule has 1 amide bonds. The molecule has 3 N–H and O–H groups in total. The Labute approximate surface area is 109 Å². The summed E-state index contributed by atoms with van der Waals surface area (Å²) < 4.78 is 1.81. The lowest BCUT2D eigenvalue weighted by molar-refractivity contribution is 0.0887. The summed E-state index contributed by atoms with van der Waals surface area (Å²) in [5, 5.41) is 3.04. The third kappa shape index (κ3) is 3.48. The van der Waals surface area contributed by atoms with Crippen molar-refractivity contribution in [3.05, 3.63) is 24.0 Å². The van der Waals surface area contributed by atoms with Gasteiger partial charge in [0.25, 0.3) is 5.91 Å². The van der Waals surface area contributed by atoms with Crippen molar-refractivity contribution in [3.8, 4) is 0 Å². The topological polar surface area (TPSA) is 60.0 Å². The van der Waals surface area contributed by atoms with Gasteiger partial charge in [-0.1, -0.05) is 13.8 Å². The summed E-state index contributed by atoms with van der Waals surface area (Å²) in [6.45, 7) is 4.55. The summed E-state index contributed by atoms with van der Waals surface area (Å²) in [5.74, 6) is -0.0540. The van der Waals surface area contributed by atoms with Crippen LogP contribution in [0, 0.1) is 0 Å². The van der Waals surface area contributed by atoms with E-state index in [1.54, 1.807) is 0 Å². The number of nitrogens with zero attached hydrogens (tertiary/aromatic N) is 1. The standard InChI is InChI=1S/C12H21N3O.ClH/c1-4-12(5-2,9-13)14-11(16)10-7-6-8-15(10)3;/h6-8H,4-5,9,13H2,1-3H3,(H,14,16);1H. The Morgan fingerprint density at radius 1 is 1.47 bits per heavy atom. The smallest absolute Gasteiger partial charge is 0.268 e. The highest BCUT2D eigenvalue weighted by Crippen LogP contribution is 2.14. The predicted octanol–water partition coefficient (Wildman–Crippen LogP) is 1.69. The summed E-state index contributed by atoms with van der Waals surface area (Å²) in [6, 6.07) is 3.67. The molecular formula is C12H22ClN3O. The lowest BCUT2D eigenvalue weighted by Crippen LogP contribution is -2.53. The molecule has 0 fully saturated rings. The van der Waals surface area contributed by atoms with Crippen molar-refractivity contribution in [1.82, 2.24) is 9.88 Å². The van der Waals surface area contributed by atoms with E-state index in [2.05, 4.69) is 5.32 Å². The predicted molar refractivity (Wildman–Crippen MR) is 72.5 cm³/mol. The first kappa shape index (κ1) is 16.0.